The van der Waals surface area contributed by atoms with E-state index in [1.165, 1.54) is 82.1 Å². The normalized spacial score (nSPS) is 16.0. The van der Waals surface area contributed by atoms with E-state index in [4.69, 9.17) is 0 Å². The molecule has 1 heteroatoms. The van der Waals surface area contributed by atoms with Gasteiger partial charge in [0.1, 0.15) is 0 Å². The molecule has 0 amide bonds. The smallest absolute Gasteiger partial charge is 0.0713 e. The number of benzene rings is 7. The lowest BCUT2D eigenvalue weighted by Crippen LogP contribution is -2.28. The van der Waals surface area contributed by atoms with Gasteiger partial charge in [-0.15, -0.1) is 0 Å². The van der Waals surface area contributed by atoms with Gasteiger partial charge in [0.25, 0.3) is 0 Å². The van der Waals surface area contributed by atoms with Crippen LogP contribution in [0.3, 0.4) is 0 Å². The molecule has 3 aliphatic rings. The van der Waals surface area contributed by atoms with Crippen molar-refractivity contribution in [3.8, 4) is 33.4 Å². The van der Waals surface area contributed by atoms with Crippen molar-refractivity contribution in [2.75, 3.05) is 0 Å². The van der Waals surface area contributed by atoms with Crippen LogP contribution in [0.5, 0.6) is 0 Å². The third-order valence-electron chi connectivity index (χ3n) is 10.7. The standard InChI is InChI=1S/C47H32S/c1-3-14-35(15-4-1)47(36-16-5-2-6-17-36)41-21-8-7-18-39(41)46-37(19-11-22-42(46)47)32-26-24-31(25-27-32)34-28-29-43-40(30-34)38-20-9-12-33-13-10-23-44(48-43)45(33)38/h1-19,21-30,38H,20H2. The molecule has 0 radical (unpaired) electrons. The first kappa shape index (κ1) is 27.7. The molecule has 0 bridgehead atoms. The third-order valence-corrected chi connectivity index (χ3v) is 11.9. The Hall–Kier alpha value is -5.37. The van der Waals surface area contributed by atoms with Crippen LogP contribution in [0.15, 0.2) is 180 Å². The zero-order valence-corrected chi connectivity index (χ0v) is 27.3. The number of hydrogen-bond donors (Lipinski definition) is 0. The van der Waals surface area contributed by atoms with E-state index in [1.807, 2.05) is 11.8 Å². The molecule has 10 rings (SSSR count). The molecule has 1 aliphatic heterocycles. The van der Waals surface area contributed by atoms with E-state index < -0.39 is 5.41 Å². The van der Waals surface area contributed by atoms with E-state index >= 15 is 0 Å². The Kier molecular flexibility index (Phi) is 6.26. The molecule has 7 aromatic carbocycles. The molecule has 1 unspecified atom stereocenters. The highest BCUT2D eigenvalue weighted by atomic mass is 32.2. The highest BCUT2D eigenvalue weighted by molar-refractivity contribution is 7.99. The summed E-state index contributed by atoms with van der Waals surface area (Å²) < 4.78 is 0. The van der Waals surface area contributed by atoms with Crippen molar-refractivity contribution in [3.05, 3.63) is 209 Å². The molecule has 0 saturated carbocycles. The van der Waals surface area contributed by atoms with Crippen molar-refractivity contribution in [1.29, 1.82) is 0 Å². The van der Waals surface area contributed by atoms with Gasteiger partial charge in [0, 0.05) is 15.7 Å². The van der Waals surface area contributed by atoms with Crippen molar-refractivity contribution in [3.63, 3.8) is 0 Å². The van der Waals surface area contributed by atoms with Crippen molar-refractivity contribution in [2.24, 2.45) is 0 Å². The minimum atomic E-state index is -0.391. The predicted molar refractivity (Wildman–Crippen MR) is 201 cm³/mol. The molecule has 48 heavy (non-hydrogen) atoms. The average molecular weight is 629 g/mol. The maximum Gasteiger partial charge on any atom is 0.0713 e. The van der Waals surface area contributed by atoms with Gasteiger partial charge in [0.05, 0.1) is 5.41 Å². The van der Waals surface area contributed by atoms with Crippen molar-refractivity contribution >= 4 is 17.8 Å². The van der Waals surface area contributed by atoms with Gasteiger partial charge in [-0.2, -0.15) is 0 Å². The fraction of sp³-hybridized carbons (Fsp3) is 0.0638. The Morgan fingerprint density at radius 3 is 1.94 bits per heavy atom. The van der Waals surface area contributed by atoms with Gasteiger partial charge >= 0.3 is 0 Å². The lowest BCUT2D eigenvalue weighted by atomic mass is 9.67. The first-order valence-electron chi connectivity index (χ1n) is 16.9. The van der Waals surface area contributed by atoms with Crippen LogP contribution in [-0.4, -0.2) is 0 Å². The molecular formula is C47H32S. The van der Waals surface area contributed by atoms with E-state index in [9.17, 15) is 0 Å². The quantitative estimate of drug-likeness (QED) is 0.187. The van der Waals surface area contributed by atoms with Crippen molar-refractivity contribution in [2.45, 2.75) is 27.5 Å². The van der Waals surface area contributed by atoms with Gasteiger partial charge in [0.2, 0.25) is 0 Å². The largest absolute Gasteiger partial charge is 0.0895 e. The van der Waals surface area contributed by atoms with Crippen LogP contribution < -0.4 is 0 Å². The molecule has 0 N–H and O–H groups in total. The molecule has 0 spiro atoms. The van der Waals surface area contributed by atoms with E-state index in [0.29, 0.717) is 5.92 Å². The second-order valence-electron chi connectivity index (χ2n) is 13.1. The van der Waals surface area contributed by atoms with E-state index in [2.05, 4.69) is 176 Å². The van der Waals surface area contributed by atoms with Gasteiger partial charge in [-0.05, 0) is 96.9 Å². The van der Waals surface area contributed by atoms with Crippen molar-refractivity contribution in [1.82, 2.24) is 0 Å². The summed E-state index contributed by atoms with van der Waals surface area (Å²) in [5, 5.41) is 0. The lowest BCUT2D eigenvalue weighted by Gasteiger charge is -2.34. The fourth-order valence-electron chi connectivity index (χ4n) is 8.69. The maximum absolute atomic E-state index is 2.45. The monoisotopic (exact) mass is 628 g/mol. The second-order valence-corrected chi connectivity index (χ2v) is 14.2. The van der Waals surface area contributed by atoms with E-state index in [-0.39, 0.29) is 0 Å². The van der Waals surface area contributed by atoms with Crippen LogP contribution in [-0.2, 0) is 5.41 Å². The highest BCUT2D eigenvalue weighted by Gasteiger charge is 2.46. The molecule has 2 aliphatic carbocycles. The van der Waals surface area contributed by atoms with Crippen LogP contribution >= 0.6 is 11.8 Å². The van der Waals surface area contributed by atoms with Crippen LogP contribution in [0.4, 0.5) is 0 Å². The Morgan fingerprint density at radius 1 is 0.500 bits per heavy atom. The summed E-state index contributed by atoms with van der Waals surface area (Å²) >= 11 is 1.92. The molecule has 0 nitrogen and oxygen atoms in total. The number of fused-ring (bicyclic) bond motifs is 5. The summed E-state index contributed by atoms with van der Waals surface area (Å²) in [7, 11) is 0. The fourth-order valence-corrected chi connectivity index (χ4v) is 9.90. The number of rotatable bonds is 4. The Bertz CT molecular complexity index is 2340. The minimum Gasteiger partial charge on any atom is -0.0895 e. The van der Waals surface area contributed by atoms with Crippen LogP contribution in [0.2, 0.25) is 0 Å². The topological polar surface area (TPSA) is 0 Å². The van der Waals surface area contributed by atoms with Crippen LogP contribution in [0.1, 0.15) is 51.3 Å². The number of allylic oxidation sites excluding steroid dienone is 1. The summed E-state index contributed by atoms with van der Waals surface area (Å²) in [6.07, 6.45) is 5.71. The minimum absolute atomic E-state index is 0.391. The second kappa shape index (κ2) is 10.8. The maximum atomic E-state index is 2.45. The molecule has 1 atom stereocenters. The molecule has 7 aromatic rings. The predicted octanol–water partition coefficient (Wildman–Crippen LogP) is 12.4. The van der Waals surface area contributed by atoms with Gasteiger partial charge in [-0.25, -0.2) is 0 Å². The summed E-state index contributed by atoms with van der Waals surface area (Å²) in [5.74, 6) is 0.429. The highest BCUT2D eigenvalue weighted by Crippen LogP contribution is 2.58. The van der Waals surface area contributed by atoms with Crippen LogP contribution in [0, 0.1) is 0 Å². The van der Waals surface area contributed by atoms with Gasteiger partial charge in [0.15, 0.2) is 0 Å². The summed E-state index contributed by atoms with van der Waals surface area (Å²) in [5.41, 5.74) is 16.9. The van der Waals surface area contributed by atoms with Crippen LogP contribution in [0.25, 0.3) is 39.5 Å². The Labute approximate surface area is 286 Å². The van der Waals surface area contributed by atoms with Crippen molar-refractivity contribution < 1.29 is 0 Å². The van der Waals surface area contributed by atoms with E-state index in [1.54, 1.807) is 0 Å². The Morgan fingerprint density at radius 2 is 1.15 bits per heavy atom. The number of hydrogen-bond acceptors (Lipinski definition) is 1. The first-order chi connectivity index (χ1) is 23.8. The third kappa shape index (κ3) is 3.98. The van der Waals surface area contributed by atoms with Gasteiger partial charge in [-0.3, -0.25) is 0 Å². The van der Waals surface area contributed by atoms with Gasteiger partial charge in [-0.1, -0.05) is 170 Å². The average Bonchev–Trinajstić information content (AvgIpc) is 3.47. The summed E-state index contributed by atoms with van der Waals surface area (Å²) in [6.45, 7) is 0. The SMILES string of the molecule is C1=Cc2cccc3c2C(C1)c1cc(-c2ccc(-c4cccc5c4-c4ccccc4C5(c4ccccc4)c4ccccc4)cc2)ccc1S3. The molecule has 0 aromatic heterocycles. The molecule has 1 heterocycles. The zero-order chi connectivity index (χ0) is 31.7. The van der Waals surface area contributed by atoms with E-state index in [0.717, 1.165) is 6.42 Å². The molecule has 0 fully saturated rings. The molecular weight excluding hydrogens is 597 g/mol. The molecule has 226 valence electrons. The summed E-state index contributed by atoms with van der Waals surface area (Å²) in [4.78, 5) is 2.80. The summed E-state index contributed by atoms with van der Waals surface area (Å²) in [6, 6.07) is 61.1. The lowest BCUT2D eigenvalue weighted by molar-refractivity contribution is 0.768. The zero-order valence-electron chi connectivity index (χ0n) is 26.4. The van der Waals surface area contributed by atoms with Gasteiger partial charge < -0.3 is 0 Å². The molecule has 0 saturated heterocycles. The first-order valence-corrected chi connectivity index (χ1v) is 17.7. The Balaban J connectivity index is 1.09.